The smallest absolute Gasteiger partial charge is 0.316 e. The van der Waals surface area contributed by atoms with Crippen LogP contribution >= 0.6 is 0 Å². The second kappa shape index (κ2) is 6.58. The summed E-state index contributed by atoms with van der Waals surface area (Å²) in [5.41, 5.74) is 4.90. The van der Waals surface area contributed by atoms with E-state index >= 15 is 0 Å². The molecule has 0 saturated heterocycles. The number of aryl methyl sites for hydroxylation is 1. The van der Waals surface area contributed by atoms with Crippen molar-refractivity contribution < 1.29 is 9.53 Å². The number of imidazole rings is 1. The maximum absolute atomic E-state index is 12.0. The number of carbonyl (C=O) groups is 1. The Bertz CT molecular complexity index is 968. The van der Waals surface area contributed by atoms with Crippen LogP contribution in [0.15, 0.2) is 54.9 Å². The van der Waals surface area contributed by atoms with Crippen LogP contribution in [0.4, 0.5) is 5.82 Å². The first kappa shape index (κ1) is 17.3. The number of ether oxygens (including phenoxy) is 1. The molecule has 1 heterocycles. The van der Waals surface area contributed by atoms with E-state index in [4.69, 9.17) is 4.74 Å². The van der Waals surface area contributed by atoms with Crippen molar-refractivity contribution in [1.29, 1.82) is 0 Å². The first-order valence-electron chi connectivity index (χ1n) is 9.08. The van der Waals surface area contributed by atoms with Crippen molar-refractivity contribution in [3.8, 4) is 22.4 Å². The highest BCUT2D eigenvalue weighted by Crippen LogP contribution is 2.49. The van der Waals surface area contributed by atoms with E-state index in [1.54, 1.807) is 0 Å². The SMILES string of the molecule is CNc1c(-c2ccc(-c3ccc(C4(C(=O)OC)CC4)cc3)cc2)ncn1C. The highest BCUT2D eigenvalue weighted by Gasteiger charge is 2.52. The fourth-order valence-electron chi connectivity index (χ4n) is 3.67. The number of nitrogens with one attached hydrogen (secondary N) is 1. The average molecular weight is 361 g/mol. The van der Waals surface area contributed by atoms with Gasteiger partial charge in [0.05, 0.1) is 18.9 Å². The third-order valence-corrected chi connectivity index (χ3v) is 5.43. The molecule has 3 aromatic rings. The number of carbonyl (C=O) groups excluding carboxylic acids is 1. The summed E-state index contributed by atoms with van der Waals surface area (Å²) in [6.07, 6.45) is 3.54. The number of aromatic nitrogens is 2. The van der Waals surface area contributed by atoms with Gasteiger partial charge in [-0.05, 0) is 29.5 Å². The Hall–Kier alpha value is -3.08. The average Bonchev–Trinajstić information content (AvgIpc) is 3.44. The number of esters is 1. The van der Waals surface area contributed by atoms with Gasteiger partial charge in [-0.25, -0.2) is 4.98 Å². The van der Waals surface area contributed by atoms with Crippen molar-refractivity contribution in [2.75, 3.05) is 19.5 Å². The van der Waals surface area contributed by atoms with Gasteiger partial charge in [0, 0.05) is 19.7 Å². The molecule has 1 fully saturated rings. The molecule has 0 unspecified atom stereocenters. The van der Waals surface area contributed by atoms with Crippen LogP contribution in [-0.4, -0.2) is 29.7 Å². The molecule has 1 N–H and O–H groups in total. The lowest BCUT2D eigenvalue weighted by Crippen LogP contribution is -2.21. The van der Waals surface area contributed by atoms with Crippen LogP contribution in [0.25, 0.3) is 22.4 Å². The molecule has 4 rings (SSSR count). The second-order valence-corrected chi connectivity index (χ2v) is 7.03. The third kappa shape index (κ3) is 2.89. The predicted octanol–water partition coefficient (Wildman–Crippen LogP) is 4.00. The lowest BCUT2D eigenvalue weighted by Gasteiger charge is -2.13. The largest absolute Gasteiger partial charge is 0.468 e. The summed E-state index contributed by atoms with van der Waals surface area (Å²) < 4.78 is 6.94. The van der Waals surface area contributed by atoms with Crippen molar-refractivity contribution in [3.05, 3.63) is 60.4 Å². The zero-order chi connectivity index (χ0) is 19.0. The molecule has 5 nitrogen and oxygen atoms in total. The zero-order valence-corrected chi connectivity index (χ0v) is 15.8. The number of rotatable bonds is 5. The lowest BCUT2D eigenvalue weighted by atomic mass is 9.93. The fraction of sp³-hybridized carbons (Fsp3) is 0.273. The van der Waals surface area contributed by atoms with Crippen molar-refractivity contribution in [2.24, 2.45) is 7.05 Å². The quantitative estimate of drug-likeness (QED) is 0.698. The zero-order valence-electron chi connectivity index (χ0n) is 15.8. The summed E-state index contributed by atoms with van der Waals surface area (Å²) in [4.78, 5) is 16.5. The standard InChI is InChI=1S/C22H23N3O2/c1-23-20-19(24-14-25(20)2)17-6-4-15(5-7-17)16-8-10-18(11-9-16)22(12-13-22)21(26)27-3/h4-11,14,23H,12-13H2,1-3H3. The molecule has 0 aliphatic heterocycles. The third-order valence-electron chi connectivity index (χ3n) is 5.43. The van der Waals surface area contributed by atoms with Crippen molar-refractivity contribution >= 4 is 11.8 Å². The minimum Gasteiger partial charge on any atom is -0.468 e. The summed E-state index contributed by atoms with van der Waals surface area (Å²) in [6, 6.07) is 16.6. The van der Waals surface area contributed by atoms with Gasteiger partial charge in [0.15, 0.2) is 0 Å². The van der Waals surface area contributed by atoms with Crippen molar-refractivity contribution in [1.82, 2.24) is 9.55 Å². The van der Waals surface area contributed by atoms with Crippen LogP contribution in [0.2, 0.25) is 0 Å². The molecule has 1 aromatic heterocycles. The van der Waals surface area contributed by atoms with Crippen LogP contribution in [-0.2, 0) is 22.0 Å². The van der Waals surface area contributed by atoms with Gasteiger partial charge in [0.1, 0.15) is 11.5 Å². The van der Waals surface area contributed by atoms with E-state index in [2.05, 4.69) is 46.7 Å². The van der Waals surface area contributed by atoms with E-state index in [-0.39, 0.29) is 5.97 Å². The number of methoxy groups -OCH3 is 1. The number of hydrogen-bond donors (Lipinski definition) is 1. The highest BCUT2D eigenvalue weighted by atomic mass is 16.5. The molecule has 1 saturated carbocycles. The predicted molar refractivity (Wildman–Crippen MR) is 107 cm³/mol. The Labute approximate surface area is 159 Å². The Morgan fingerprint density at radius 2 is 1.59 bits per heavy atom. The Balaban J connectivity index is 1.59. The first-order valence-corrected chi connectivity index (χ1v) is 9.08. The van der Waals surface area contributed by atoms with Crippen LogP contribution in [0.3, 0.4) is 0 Å². The molecule has 0 spiro atoms. The van der Waals surface area contributed by atoms with Gasteiger partial charge in [0.25, 0.3) is 0 Å². The molecule has 138 valence electrons. The summed E-state index contributed by atoms with van der Waals surface area (Å²) in [7, 11) is 5.33. The maximum Gasteiger partial charge on any atom is 0.316 e. The van der Waals surface area contributed by atoms with E-state index in [1.165, 1.54) is 7.11 Å². The Kier molecular flexibility index (Phi) is 4.22. The van der Waals surface area contributed by atoms with E-state index in [9.17, 15) is 4.79 Å². The molecule has 0 amide bonds. The van der Waals surface area contributed by atoms with Crippen molar-refractivity contribution in [2.45, 2.75) is 18.3 Å². The molecule has 0 bridgehead atoms. The number of hydrogen-bond acceptors (Lipinski definition) is 4. The van der Waals surface area contributed by atoms with Crippen LogP contribution in [0, 0.1) is 0 Å². The minimum atomic E-state index is -0.417. The Morgan fingerprint density at radius 1 is 1.04 bits per heavy atom. The molecular formula is C22H23N3O2. The molecule has 27 heavy (non-hydrogen) atoms. The number of benzene rings is 2. The second-order valence-electron chi connectivity index (χ2n) is 7.03. The van der Waals surface area contributed by atoms with Crippen LogP contribution < -0.4 is 5.32 Å². The molecule has 0 radical (unpaired) electrons. The summed E-state index contributed by atoms with van der Waals surface area (Å²) in [6.45, 7) is 0. The van der Waals surface area contributed by atoms with Gasteiger partial charge in [-0.1, -0.05) is 48.5 Å². The molecule has 0 atom stereocenters. The number of nitrogens with zero attached hydrogens (tertiary/aromatic N) is 2. The monoisotopic (exact) mass is 361 g/mol. The maximum atomic E-state index is 12.0. The van der Waals surface area contributed by atoms with E-state index in [1.807, 2.05) is 37.1 Å². The van der Waals surface area contributed by atoms with Crippen LogP contribution in [0.1, 0.15) is 18.4 Å². The highest BCUT2D eigenvalue weighted by molar-refractivity contribution is 5.86. The fourth-order valence-corrected chi connectivity index (χ4v) is 3.67. The van der Waals surface area contributed by atoms with Gasteiger partial charge >= 0.3 is 5.97 Å². The van der Waals surface area contributed by atoms with Gasteiger partial charge in [0.2, 0.25) is 0 Å². The Morgan fingerprint density at radius 3 is 2.11 bits per heavy atom. The molecular weight excluding hydrogens is 338 g/mol. The number of anilines is 1. The van der Waals surface area contributed by atoms with Gasteiger partial charge in [-0.15, -0.1) is 0 Å². The van der Waals surface area contributed by atoms with E-state index in [0.29, 0.717) is 0 Å². The summed E-state index contributed by atoms with van der Waals surface area (Å²) in [5, 5.41) is 3.19. The van der Waals surface area contributed by atoms with Gasteiger partial charge < -0.3 is 14.6 Å². The summed E-state index contributed by atoms with van der Waals surface area (Å²) >= 11 is 0. The van der Waals surface area contributed by atoms with Gasteiger partial charge in [-0.2, -0.15) is 0 Å². The summed E-state index contributed by atoms with van der Waals surface area (Å²) in [5.74, 6) is 0.861. The van der Waals surface area contributed by atoms with E-state index in [0.717, 1.165) is 46.6 Å². The lowest BCUT2D eigenvalue weighted by molar-refractivity contribution is -0.143. The van der Waals surface area contributed by atoms with Crippen molar-refractivity contribution in [3.63, 3.8) is 0 Å². The van der Waals surface area contributed by atoms with Gasteiger partial charge in [-0.3, -0.25) is 4.79 Å². The topological polar surface area (TPSA) is 56.1 Å². The van der Waals surface area contributed by atoms with Crippen LogP contribution in [0.5, 0.6) is 0 Å². The normalized spacial score (nSPS) is 14.6. The molecule has 2 aromatic carbocycles. The first-order chi connectivity index (χ1) is 13.1. The minimum absolute atomic E-state index is 0.129. The van der Waals surface area contributed by atoms with E-state index < -0.39 is 5.41 Å². The molecule has 1 aliphatic carbocycles. The molecule has 5 heteroatoms. The molecule has 1 aliphatic rings.